The van der Waals surface area contributed by atoms with E-state index in [1.807, 2.05) is 25.2 Å². The number of hydrogen-bond donors (Lipinski definition) is 1. The van der Waals surface area contributed by atoms with E-state index >= 15 is 0 Å². The number of ether oxygens (including phenoxy) is 1. The van der Waals surface area contributed by atoms with Crippen molar-refractivity contribution < 1.29 is 9.53 Å². The van der Waals surface area contributed by atoms with Crippen LogP contribution in [-0.4, -0.2) is 37.6 Å². The molecule has 24 heavy (non-hydrogen) atoms. The summed E-state index contributed by atoms with van der Waals surface area (Å²) in [6, 6.07) is 10.3. The Labute approximate surface area is 158 Å². The molecule has 1 rings (SSSR count). The van der Waals surface area contributed by atoms with Crippen molar-refractivity contribution in [3.8, 4) is 0 Å². The number of benzene rings is 1. The van der Waals surface area contributed by atoms with Crippen LogP contribution in [-0.2, 0) is 16.1 Å². The summed E-state index contributed by atoms with van der Waals surface area (Å²) in [5.41, 5.74) is 6.98. The number of carbonyl (C=O) groups excluding carboxylic acids is 1. The molecular formula is C18H32Cl2N2O2. The van der Waals surface area contributed by atoms with Crippen LogP contribution in [0.5, 0.6) is 0 Å². The Hall–Kier alpha value is -0.810. The monoisotopic (exact) mass is 378 g/mol. The quantitative estimate of drug-likeness (QED) is 0.632. The minimum atomic E-state index is -0.135. The third-order valence-electron chi connectivity index (χ3n) is 3.62. The highest BCUT2D eigenvalue weighted by atomic mass is 35.5. The normalized spacial score (nSPS) is 11.6. The molecule has 0 aromatic heterocycles. The van der Waals surface area contributed by atoms with Crippen LogP contribution >= 0.6 is 24.8 Å². The lowest BCUT2D eigenvalue weighted by molar-refractivity contribution is -0.145. The number of rotatable bonds is 10. The van der Waals surface area contributed by atoms with E-state index in [2.05, 4.69) is 30.9 Å². The van der Waals surface area contributed by atoms with E-state index in [9.17, 15) is 4.79 Å². The van der Waals surface area contributed by atoms with E-state index in [-0.39, 0.29) is 36.7 Å². The molecule has 0 radical (unpaired) electrons. The number of halogens is 2. The first kappa shape index (κ1) is 25.4. The maximum Gasteiger partial charge on any atom is 0.306 e. The molecule has 0 saturated carbocycles. The second-order valence-electron chi connectivity index (χ2n) is 6.38. The van der Waals surface area contributed by atoms with E-state index in [0.717, 1.165) is 19.5 Å². The summed E-state index contributed by atoms with van der Waals surface area (Å²) < 4.78 is 5.33. The zero-order chi connectivity index (χ0) is 16.4. The summed E-state index contributed by atoms with van der Waals surface area (Å²) in [5, 5.41) is 0. The second kappa shape index (κ2) is 14.5. The number of hydrogen-bond acceptors (Lipinski definition) is 4. The minimum Gasteiger partial charge on any atom is -0.464 e. The SMILES string of the molecule is CC(C)C[C@H](CN)CC(=O)OCCN(C)Cc1ccccc1.Cl.Cl. The number of likely N-dealkylation sites (N-methyl/N-ethyl adjacent to an activating group) is 1. The predicted molar refractivity (Wildman–Crippen MR) is 105 cm³/mol. The molecule has 0 aliphatic carbocycles. The molecular weight excluding hydrogens is 347 g/mol. The fraction of sp³-hybridized carbons (Fsp3) is 0.611. The Morgan fingerprint density at radius 1 is 1.21 bits per heavy atom. The molecule has 0 amide bonds. The highest BCUT2D eigenvalue weighted by Gasteiger charge is 2.15. The van der Waals surface area contributed by atoms with E-state index in [0.29, 0.717) is 25.5 Å². The Morgan fingerprint density at radius 3 is 2.38 bits per heavy atom. The van der Waals surface area contributed by atoms with Gasteiger partial charge in [0.1, 0.15) is 6.61 Å². The maximum absolute atomic E-state index is 11.8. The van der Waals surface area contributed by atoms with E-state index in [1.54, 1.807) is 0 Å². The fourth-order valence-corrected chi connectivity index (χ4v) is 2.51. The molecule has 4 nitrogen and oxygen atoms in total. The van der Waals surface area contributed by atoms with Crippen molar-refractivity contribution >= 4 is 30.8 Å². The van der Waals surface area contributed by atoms with Gasteiger partial charge in [0.05, 0.1) is 0 Å². The first-order valence-corrected chi connectivity index (χ1v) is 8.09. The van der Waals surface area contributed by atoms with Gasteiger partial charge in [0, 0.05) is 19.5 Å². The summed E-state index contributed by atoms with van der Waals surface area (Å²) >= 11 is 0. The predicted octanol–water partition coefficient (Wildman–Crippen LogP) is 3.52. The van der Waals surface area contributed by atoms with Gasteiger partial charge in [-0.2, -0.15) is 0 Å². The third kappa shape index (κ3) is 11.7. The molecule has 0 aliphatic rings. The molecule has 0 heterocycles. The highest BCUT2D eigenvalue weighted by Crippen LogP contribution is 2.14. The number of nitrogens with zero attached hydrogens (tertiary/aromatic N) is 1. The number of carbonyl (C=O) groups is 1. The summed E-state index contributed by atoms with van der Waals surface area (Å²) in [6.45, 7) is 6.86. The topological polar surface area (TPSA) is 55.6 Å². The highest BCUT2D eigenvalue weighted by molar-refractivity contribution is 5.85. The minimum absolute atomic E-state index is 0. The Kier molecular flexibility index (Phi) is 15.4. The lowest BCUT2D eigenvalue weighted by atomic mass is 9.94. The van der Waals surface area contributed by atoms with Crippen LogP contribution in [0, 0.1) is 11.8 Å². The molecule has 0 fully saturated rings. The van der Waals surface area contributed by atoms with E-state index < -0.39 is 0 Å². The lowest BCUT2D eigenvalue weighted by Gasteiger charge is -2.18. The number of nitrogens with two attached hydrogens (primary N) is 1. The largest absolute Gasteiger partial charge is 0.464 e. The summed E-state index contributed by atoms with van der Waals surface area (Å²) in [5.74, 6) is 0.650. The van der Waals surface area contributed by atoms with Crippen LogP contribution in [0.1, 0.15) is 32.3 Å². The molecule has 6 heteroatoms. The summed E-state index contributed by atoms with van der Waals surface area (Å²) in [6.07, 6.45) is 1.40. The first-order valence-electron chi connectivity index (χ1n) is 8.09. The zero-order valence-corrected chi connectivity index (χ0v) is 16.6. The molecule has 0 saturated heterocycles. The smallest absolute Gasteiger partial charge is 0.306 e. The van der Waals surface area contributed by atoms with Gasteiger partial charge in [0.2, 0.25) is 0 Å². The Balaban J connectivity index is 0. The maximum atomic E-state index is 11.8. The average molecular weight is 379 g/mol. The second-order valence-corrected chi connectivity index (χ2v) is 6.38. The summed E-state index contributed by atoms with van der Waals surface area (Å²) in [7, 11) is 2.03. The van der Waals surface area contributed by atoms with Crippen molar-refractivity contribution in [1.82, 2.24) is 4.90 Å². The zero-order valence-electron chi connectivity index (χ0n) is 14.9. The van der Waals surface area contributed by atoms with Gasteiger partial charge in [-0.1, -0.05) is 44.2 Å². The molecule has 1 atom stereocenters. The standard InChI is InChI=1S/C18H30N2O2.2ClH/c1-15(2)11-17(13-19)12-18(21)22-10-9-20(3)14-16-7-5-4-6-8-16;;/h4-8,15,17H,9-14,19H2,1-3H3;2*1H/t17-;;/m0../s1. The van der Waals surface area contributed by atoms with Crippen LogP contribution in [0.4, 0.5) is 0 Å². The van der Waals surface area contributed by atoms with Gasteiger partial charge in [-0.05, 0) is 37.4 Å². The molecule has 140 valence electrons. The molecule has 2 N–H and O–H groups in total. The van der Waals surface area contributed by atoms with Gasteiger partial charge in [0.15, 0.2) is 0 Å². The molecule has 0 bridgehead atoms. The van der Waals surface area contributed by atoms with Gasteiger partial charge in [0.25, 0.3) is 0 Å². The van der Waals surface area contributed by atoms with Crippen LogP contribution < -0.4 is 5.73 Å². The number of esters is 1. The van der Waals surface area contributed by atoms with Gasteiger partial charge >= 0.3 is 5.97 Å². The lowest BCUT2D eigenvalue weighted by Crippen LogP contribution is -2.26. The fourth-order valence-electron chi connectivity index (χ4n) is 2.51. The van der Waals surface area contributed by atoms with Crippen LogP contribution in [0.3, 0.4) is 0 Å². The molecule has 0 spiro atoms. The summed E-state index contributed by atoms with van der Waals surface area (Å²) in [4.78, 5) is 14.0. The first-order chi connectivity index (χ1) is 10.5. The third-order valence-corrected chi connectivity index (χ3v) is 3.62. The molecule has 1 aromatic carbocycles. The van der Waals surface area contributed by atoms with Gasteiger partial charge in [-0.15, -0.1) is 24.8 Å². The van der Waals surface area contributed by atoms with Gasteiger partial charge in [-0.25, -0.2) is 0 Å². The van der Waals surface area contributed by atoms with Gasteiger partial charge < -0.3 is 10.5 Å². The van der Waals surface area contributed by atoms with Crippen molar-refractivity contribution in [3.05, 3.63) is 35.9 Å². The van der Waals surface area contributed by atoms with Crippen molar-refractivity contribution in [2.75, 3.05) is 26.7 Å². The van der Waals surface area contributed by atoms with Crippen molar-refractivity contribution in [2.45, 2.75) is 33.2 Å². The van der Waals surface area contributed by atoms with E-state index in [1.165, 1.54) is 5.56 Å². The van der Waals surface area contributed by atoms with E-state index in [4.69, 9.17) is 10.5 Å². The van der Waals surface area contributed by atoms with Crippen LogP contribution in [0.25, 0.3) is 0 Å². The van der Waals surface area contributed by atoms with Gasteiger partial charge in [-0.3, -0.25) is 9.69 Å². The van der Waals surface area contributed by atoms with Crippen molar-refractivity contribution in [2.24, 2.45) is 17.6 Å². The average Bonchev–Trinajstić information content (AvgIpc) is 2.47. The van der Waals surface area contributed by atoms with Crippen molar-refractivity contribution in [1.29, 1.82) is 0 Å². The molecule has 0 unspecified atom stereocenters. The van der Waals surface area contributed by atoms with Crippen molar-refractivity contribution in [3.63, 3.8) is 0 Å². The molecule has 0 aliphatic heterocycles. The molecule has 1 aromatic rings. The van der Waals surface area contributed by atoms with Crippen LogP contribution in [0.15, 0.2) is 30.3 Å². The Morgan fingerprint density at radius 2 is 1.83 bits per heavy atom. The Bertz CT molecular complexity index is 430. The van der Waals surface area contributed by atoms with Crippen LogP contribution in [0.2, 0.25) is 0 Å².